The van der Waals surface area contributed by atoms with Gasteiger partial charge in [-0.25, -0.2) is 4.79 Å². The summed E-state index contributed by atoms with van der Waals surface area (Å²) in [6.07, 6.45) is 4.23. The van der Waals surface area contributed by atoms with Crippen LogP contribution in [0.25, 0.3) is 0 Å². The fraction of sp³-hybridized carbons (Fsp3) is 0.562. The molecule has 0 aliphatic heterocycles. The number of aryl methyl sites for hydroxylation is 1. The molecular weight excluding hydrogens is 276 g/mol. The van der Waals surface area contributed by atoms with E-state index < -0.39 is 11.6 Å². The highest BCUT2D eigenvalue weighted by atomic mass is 35.5. The van der Waals surface area contributed by atoms with Gasteiger partial charge in [0, 0.05) is 5.02 Å². The zero-order valence-corrected chi connectivity index (χ0v) is 12.9. The second-order valence-electron chi connectivity index (χ2n) is 5.18. The topological polar surface area (TPSA) is 46.5 Å². The Bertz CT molecular complexity index is 412. The average Bonchev–Trinajstić information content (AvgIpc) is 2.40. The van der Waals surface area contributed by atoms with E-state index in [-0.39, 0.29) is 0 Å². The van der Waals surface area contributed by atoms with Crippen molar-refractivity contribution in [2.45, 2.75) is 51.6 Å². The van der Waals surface area contributed by atoms with Crippen LogP contribution in [-0.2, 0) is 16.0 Å². The van der Waals surface area contributed by atoms with Gasteiger partial charge >= 0.3 is 5.97 Å². The zero-order valence-electron chi connectivity index (χ0n) is 12.2. The monoisotopic (exact) mass is 298 g/mol. The summed E-state index contributed by atoms with van der Waals surface area (Å²) in [6.45, 7) is 3.55. The first-order valence-corrected chi connectivity index (χ1v) is 7.47. The van der Waals surface area contributed by atoms with Gasteiger partial charge < -0.3 is 9.84 Å². The lowest BCUT2D eigenvalue weighted by molar-refractivity contribution is -0.163. The number of hydrogen-bond acceptors (Lipinski definition) is 3. The molecule has 1 aromatic carbocycles. The first kappa shape index (κ1) is 17.0. The maximum absolute atomic E-state index is 11.5. The van der Waals surface area contributed by atoms with Crippen molar-refractivity contribution in [2.75, 3.05) is 6.61 Å². The second kappa shape index (κ2) is 8.28. The Balaban J connectivity index is 2.21. The molecule has 3 nitrogen and oxygen atoms in total. The minimum atomic E-state index is -1.36. The van der Waals surface area contributed by atoms with E-state index in [1.54, 1.807) is 6.92 Å². The molecule has 4 heteroatoms. The number of ether oxygens (including phenoxy) is 1. The third kappa shape index (κ3) is 5.93. The van der Waals surface area contributed by atoms with E-state index in [4.69, 9.17) is 16.3 Å². The molecule has 0 aliphatic carbocycles. The molecule has 20 heavy (non-hydrogen) atoms. The van der Waals surface area contributed by atoms with E-state index in [9.17, 15) is 9.90 Å². The predicted molar refractivity (Wildman–Crippen MR) is 80.9 cm³/mol. The third-order valence-corrected chi connectivity index (χ3v) is 3.51. The van der Waals surface area contributed by atoms with Gasteiger partial charge in [0.05, 0.1) is 6.61 Å². The fourth-order valence-corrected chi connectivity index (χ4v) is 2.14. The van der Waals surface area contributed by atoms with Crippen LogP contribution in [0.2, 0.25) is 5.02 Å². The van der Waals surface area contributed by atoms with Crippen molar-refractivity contribution in [3.05, 3.63) is 34.9 Å². The Morgan fingerprint density at radius 1 is 1.25 bits per heavy atom. The van der Waals surface area contributed by atoms with Gasteiger partial charge in [-0.15, -0.1) is 0 Å². The molecule has 0 radical (unpaired) electrons. The van der Waals surface area contributed by atoms with E-state index >= 15 is 0 Å². The van der Waals surface area contributed by atoms with Crippen molar-refractivity contribution in [2.24, 2.45) is 0 Å². The molecule has 1 rings (SSSR count). The molecule has 0 aliphatic rings. The summed E-state index contributed by atoms with van der Waals surface area (Å²) in [5.41, 5.74) is -0.109. The molecule has 112 valence electrons. The number of halogens is 1. The molecule has 0 bridgehead atoms. The Hall–Kier alpha value is -1.06. The quantitative estimate of drug-likeness (QED) is 0.587. The Morgan fingerprint density at radius 2 is 1.90 bits per heavy atom. The number of benzene rings is 1. The number of aliphatic hydroxyl groups is 1. The highest BCUT2D eigenvalue weighted by Crippen LogP contribution is 2.18. The highest BCUT2D eigenvalue weighted by molar-refractivity contribution is 6.30. The predicted octanol–water partition coefficient (Wildman–Crippen LogP) is 3.76. The molecule has 1 aromatic rings. The van der Waals surface area contributed by atoms with Crippen LogP contribution >= 0.6 is 11.6 Å². The molecule has 0 saturated carbocycles. The Kier molecular flexibility index (Phi) is 7.03. The number of rotatable bonds is 8. The molecule has 0 heterocycles. The van der Waals surface area contributed by atoms with E-state index in [2.05, 4.69) is 0 Å². The number of carbonyl (C=O) groups excluding carboxylic acids is 1. The van der Waals surface area contributed by atoms with Crippen molar-refractivity contribution in [3.8, 4) is 0 Å². The van der Waals surface area contributed by atoms with Gasteiger partial charge in [-0.1, -0.05) is 30.2 Å². The van der Waals surface area contributed by atoms with Crippen molar-refractivity contribution >= 4 is 17.6 Å². The Labute approximate surface area is 125 Å². The van der Waals surface area contributed by atoms with Gasteiger partial charge in [0.25, 0.3) is 0 Å². The third-order valence-electron chi connectivity index (χ3n) is 3.26. The summed E-state index contributed by atoms with van der Waals surface area (Å²) in [4.78, 5) is 11.5. The van der Waals surface area contributed by atoms with Gasteiger partial charge in [-0.05, 0) is 57.2 Å². The minimum absolute atomic E-state index is 0.297. The number of hydrogen-bond donors (Lipinski definition) is 1. The lowest BCUT2D eigenvalue weighted by Crippen LogP contribution is -2.36. The smallest absolute Gasteiger partial charge is 0.337 e. The van der Waals surface area contributed by atoms with Crippen molar-refractivity contribution in [1.29, 1.82) is 0 Å². The van der Waals surface area contributed by atoms with Crippen LogP contribution in [0.3, 0.4) is 0 Å². The summed E-state index contributed by atoms with van der Waals surface area (Å²) in [6, 6.07) is 7.83. The summed E-state index contributed by atoms with van der Waals surface area (Å²) in [5.74, 6) is -0.530. The van der Waals surface area contributed by atoms with Crippen LogP contribution in [0.1, 0.15) is 45.1 Å². The second-order valence-corrected chi connectivity index (χ2v) is 5.62. The SMILES string of the molecule is CCOC(=O)C(C)(O)CCCCCc1ccc(Cl)cc1. The minimum Gasteiger partial charge on any atom is -0.464 e. The van der Waals surface area contributed by atoms with E-state index in [1.807, 2.05) is 24.3 Å². The maximum atomic E-state index is 11.5. The maximum Gasteiger partial charge on any atom is 0.337 e. The molecule has 1 unspecified atom stereocenters. The molecule has 0 amide bonds. The lowest BCUT2D eigenvalue weighted by atomic mass is 9.97. The molecule has 0 spiro atoms. The number of carbonyl (C=O) groups is 1. The van der Waals surface area contributed by atoms with Crippen molar-refractivity contribution < 1.29 is 14.6 Å². The first-order chi connectivity index (χ1) is 9.45. The van der Waals surface area contributed by atoms with Gasteiger partial charge in [0.1, 0.15) is 0 Å². The van der Waals surface area contributed by atoms with Gasteiger partial charge in [-0.3, -0.25) is 0 Å². The number of unbranched alkanes of at least 4 members (excludes halogenated alkanes) is 2. The van der Waals surface area contributed by atoms with Crippen LogP contribution in [0.5, 0.6) is 0 Å². The van der Waals surface area contributed by atoms with E-state index in [1.165, 1.54) is 12.5 Å². The highest BCUT2D eigenvalue weighted by Gasteiger charge is 2.30. The summed E-state index contributed by atoms with van der Waals surface area (Å²) in [5, 5.41) is 10.7. The van der Waals surface area contributed by atoms with Gasteiger partial charge in [-0.2, -0.15) is 0 Å². The molecule has 0 fully saturated rings. The van der Waals surface area contributed by atoms with Crippen LogP contribution in [0.15, 0.2) is 24.3 Å². The van der Waals surface area contributed by atoms with E-state index in [0.717, 1.165) is 30.7 Å². The largest absolute Gasteiger partial charge is 0.464 e. The van der Waals surface area contributed by atoms with Crippen molar-refractivity contribution in [3.63, 3.8) is 0 Å². The van der Waals surface area contributed by atoms with Crippen LogP contribution in [0, 0.1) is 0 Å². The molecular formula is C16H23ClO3. The zero-order chi connectivity index (χ0) is 15.0. The van der Waals surface area contributed by atoms with E-state index in [0.29, 0.717) is 13.0 Å². The lowest BCUT2D eigenvalue weighted by Gasteiger charge is -2.20. The number of esters is 1. The molecule has 0 aromatic heterocycles. The van der Waals surface area contributed by atoms with Gasteiger partial charge in [0.15, 0.2) is 5.60 Å². The fourth-order valence-electron chi connectivity index (χ4n) is 2.01. The summed E-state index contributed by atoms with van der Waals surface area (Å²) in [7, 11) is 0. The first-order valence-electron chi connectivity index (χ1n) is 7.10. The molecule has 0 saturated heterocycles. The average molecular weight is 299 g/mol. The summed E-state index contributed by atoms with van der Waals surface area (Å²) >= 11 is 5.83. The summed E-state index contributed by atoms with van der Waals surface area (Å²) < 4.78 is 4.84. The van der Waals surface area contributed by atoms with Crippen LogP contribution in [-0.4, -0.2) is 23.3 Å². The van der Waals surface area contributed by atoms with Crippen molar-refractivity contribution in [1.82, 2.24) is 0 Å². The normalized spacial score (nSPS) is 13.8. The molecule has 1 atom stereocenters. The van der Waals surface area contributed by atoms with Crippen LogP contribution < -0.4 is 0 Å². The van der Waals surface area contributed by atoms with Gasteiger partial charge in [0.2, 0.25) is 0 Å². The Morgan fingerprint density at radius 3 is 2.50 bits per heavy atom. The standard InChI is InChI=1S/C16H23ClO3/c1-3-20-15(18)16(2,19)12-6-4-5-7-13-8-10-14(17)11-9-13/h8-11,19H,3-7,12H2,1-2H3. The molecule has 1 N–H and O–H groups in total. The van der Waals surface area contributed by atoms with Crippen LogP contribution in [0.4, 0.5) is 0 Å².